The molecule has 0 rings (SSSR count). The van der Waals surface area contributed by atoms with E-state index in [2.05, 4.69) is 5.32 Å². The normalized spacial score (nSPS) is 13.0. The molecule has 0 amide bonds. The third kappa shape index (κ3) is 5.53. The van der Waals surface area contributed by atoms with Crippen LogP contribution in [0.15, 0.2) is 0 Å². The largest absolute Gasteiger partial charge is 0.481 e. The van der Waals surface area contributed by atoms with Gasteiger partial charge in [-0.25, -0.2) is 0 Å². The average molecular weight is 146 g/mol. The van der Waals surface area contributed by atoms with Gasteiger partial charge < -0.3 is 16.2 Å². The Hall–Kier alpha value is -0.610. The topological polar surface area (TPSA) is 75.3 Å². The van der Waals surface area contributed by atoms with Gasteiger partial charge in [0.15, 0.2) is 0 Å². The molecule has 4 N–H and O–H groups in total. The fourth-order valence-electron chi connectivity index (χ4n) is 0.626. The van der Waals surface area contributed by atoms with Gasteiger partial charge in [-0.05, 0) is 6.54 Å². The average Bonchev–Trinajstić information content (AvgIpc) is 1.82. The van der Waals surface area contributed by atoms with Gasteiger partial charge in [-0.1, -0.05) is 6.92 Å². The van der Waals surface area contributed by atoms with Crippen LogP contribution in [0.4, 0.5) is 0 Å². The molecule has 0 bridgehead atoms. The first-order valence-electron chi connectivity index (χ1n) is 3.35. The van der Waals surface area contributed by atoms with Crippen LogP contribution in [0.3, 0.4) is 0 Å². The molecule has 0 aliphatic rings. The summed E-state index contributed by atoms with van der Waals surface area (Å²) in [4.78, 5) is 10.1. The SMILES string of the molecule is CCNCC(N)CC(=O)O. The Morgan fingerprint density at radius 3 is 2.80 bits per heavy atom. The number of carboxylic acid groups (broad SMARTS) is 1. The van der Waals surface area contributed by atoms with Crippen LogP contribution in [-0.2, 0) is 4.79 Å². The molecule has 4 heteroatoms. The molecule has 0 radical (unpaired) electrons. The number of likely N-dealkylation sites (N-methyl/N-ethyl adjacent to an activating group) is 1. The first-order chi connectivity index (χ1) is 4.66. The molecule has 0 fully saturated rings. The van der Waals surface area contributed by atoms with Crippen LogP contribution in [0, 0.1) is 0 Å². The van der Waals surface area contributed by atoms with E-state index in [0.29, 0.717) is 6.54 Å². The maximum atomic E-state index is 10.1. The lowest BCUT2D eigenvalue weighted by Crippen LogP contribution is -2.35. The summed E-state index contributed by atoms with van der Waals surface area (Å²) in [5, 5.41) is 11.2. The van der Waals surface area contributed by atoms with Crippen molar-refractivity contribution >= 4 is 5.97 Å². The van der Waals surface area contributed by atoms with Crippen molar-refractivity contribution in [2.45, 2.75) is 19.4 Å². The van der Waals surface area contributed by atoms with Crippen molar-refractivity contribution in [2.75, 3.05) is 13.1 Å². The lowest BCUT2D eigenvalue weighted by molar-refractivity contribution is -0.137. The Bertz CT molecular complexity index is 106. The van der Waals surface area contributed by atoms with E-state index in [9.17, 15) is 4.79 Å². The minimum Gasteiger partial charge on any atom is -0.481 e. The van der Waals surface area contributed by atoms with Gasteiger partial charge in [0, 0.05) is 12.6 Å². The van der Waals surface area contributed by atoms with E-state index in [0.717, 1.165) is 6.54 Å². The summed E-state index contributed by atoms with van der Waals surface area (Å²) in [5.74, 6) is -0.842. The summed E-state index contributed by atoms with van der Waals surface area (Å²) in [5.41, 5.74) is 5.42. The highest BCUT2D eigenvalue weighted by Gasteiger charge is 2.05. The number of nitrogens with one attached hydrogen (secondary N) is 1. The lowest BCUT2D eigenvalue weighted by atomic mass is 10.2. The standard InChI is InChI=1S/C6H14N2O2/c1-2-8-4-5(7)3-6(9)10/h5,8H,2-4,7H2,1H3,(H,9,10). The number of nitrogens with two attached hydrogens (primary N) is 1. The van der Waals surface area contributed by atoms with Gasteiger partial charge in [0.2, 0.25) is 0 Å². The summed E-state index contributed by atoms with van der Waals surface area (Å²) in [6, 6.07) is -0.266. The minimum atomic E-state index is -0.842. The van der Waals surface area contributed by atoms with Gasteiger partial charge in [-0.2, -0.15) is 0 Å². The maximum absolute atomic E-state index is 10.1. The fourth-order valence-corrected chi connectivity index (χ4v) is 0.626. The van der Waals surface area contributed by atoms with Crippen molar-refractivity contribution in [1.82, 2.24) is 5.32 Å². The van der Waals surface area contributed by atoms with Gasteiger partial charge >= 0.3 is 5.97 Å². The summed E-state index contributed by atoms with van der Waals surface area (Å²) in [6.45, 7) is 3.35. The van der Waals surface area contributed by atoms with E-state index in [-0.39, 0.29) is 12.5 Å². The van der Waals surface area contributed by atoms with Crippen LogP contribution in [-0.4, -0.2) is 30.2 Å². The first-order valence-corrected chi connectivity index (χ1v) is 3.35. The number of rotatable bonds is 5. The Balaban J connectivity index is 3.25. The number of carboxylic acids is 1. The molecule has 0 heterocycles. The van der Waals surface area contributed by atoms with E-state index in [1.54, 1.807) is 0 Å². The second kappa shape index (κ2) is 5.20. The molecule has 60 valence electrons. The van der Waals surface area contributed by atoms with Crippen LogP contribution in [0.5, 0.6) is 0 Å². The van der Waals surface area contributed by atoms with E-state index in [1.807, 2.05) is 6.92 Å². The quantitative estimate of drug-likeness (QED) is 0.484. The fraction of sp³-hybridized carbons (Fsp3) is 0.833. The van der Waals surface area contributed by atoms with Crippen LogP contribution in [0.1, 0.15) is 13.3 Å². The van der Waals surface area contributed by atoms with Crippen molar-refractivity contribution in [1.29, 1.82) is 0 Å². The molecule has 0 aromatic rings. The zero-order chi connectivity index (χ0) is 7.98. The van der Waals surface area contributed by atoms with E-state index < -0.39 is 5.97 Å². The Morgan fingerprint density at radius 2 is 2.40 bits per heavy atom. The van der Waals surface area contributed by atoms with Crippen molar-refractivity contribution in [3.8, 4) is 0 Å². The van der Waals surface area contributed by atoms with Crippen molar-refractivity contribution in [3.63, 3.8) is 0 Å². The molecule has 4 nitrogen and oxygen atoms in total. The lowest BCUT2D eigenvalue weighted by Gasteiger charge is -2.07. The zero-order valence-corrected chi connectivity index (χ0v) is 6.13. The Morgan fingerprint density at radius 1 is 1.80 bits per heavy atom. The molecule has 0 aliphatic heterocycles. The molecular weight excluding hydrogens is 132 g/mol. The molecule has 1 atom stereocenters. The van der Waals surface area contributed by atoms with Crippen LogP contribution < -0.4 is 11.1 Å². The first kappa shape index (κ1) is 9.39. The van der Waals surface area contributed by atoms with Crippen molar-refractivity contribution in [3.05, 3.63) is 0 Å². The van der Waals surface area contributed by atoms with Gasteiger partial charge in [-0.15, -0.1) is 0 Å². The Labute approximate surface area is 60.4 Å². The molecule has 0 saturated carbocycles. The summed E-state index contributed by atoms with van der Waals surface area (Å²) in [7, 11) is 0. The molecule has 1 unspecified atom stereocenters. The predicted octanol–water partition coefficient (Wildman–Crippen LogP) is -0.602. The highest BCUT2D eigenvalue weighted by Crippen LogP contribution is 1.84. The third-order valence-corrected chi connectivity index (χ3v) is 1.09. The second-order valence-electron chi connectivity index (χ2n) is 2.17. The van der Waals surface area contributed by atoms with Crippen LogP contribution in [0.2, 0.25) is 0 Å². The Kier molecular flexibility index (Phi) is 4.88. The van der Waals surface area contributed by atoms with E-state index in [4.69, 9.17) is 10.8 Å². The summed E-state index contributed by atoms with van der Waals surface area (Å²) in [6.07, 6.45) is 0.0347. The predicted molar refractivity (Wildman–Crippen MR) is 38.8 cm³/mol. The van der Waals surface area contributed by atoms with Crippen molar-refractivity contribution in [2.24, 2.45) is 5.73 Å². The smallest absolute Gasteiger partial charge is 0.304 e. The monoisotopic (exact) mass is 146 g/mol. The molecule has 0 aromatic heterocycles. The molecule has 0 spiro atoms. The third-order valence-electron chi connectivity index (χ3n) is 1.09. The van der Waals surface area contributed by atoms with Gasteiger partial charge in [-0.3, -0.25) is 4.79 Å². The summed E-state index contributed by atoms with van der Waals surface area (Å²) < 4.78 is 0. The number of carbonyl (C=O) groups is 1. The number of aliphatic carboxylic acids is 1. The number of hydrogen-bond acceptors (Lipinski definition) is 3. The molecule has 10 heavy (non-hydrogen) atoms. The van der Waals surface area contributed by atoms with Gasteiger partial charge in [0.1, 0.15) is 0 Å². The van der Waals surface area contributed by atoms with Crippen molar-refractivity contribution < 1.29 is 9.90 Å². The van der Waals surface area contributed by atoms with E-state index >= 15 is 0 Å². The highest BCUT2D eigenvalue weighted by molar-refractivity contribution is 5.67. The molecular formula is C6H14N2O2. The molecule has 0 aliphatic carbocycles. The van der Waals surface area contributed by atoms with Crippen LogP contribution in [0.25, 0.3) is 0 Å². The maximum Gasteiger partial charge on any atom is 0.304 e. The van der Waals surface area contributed by atoms with Crippen LogP contribution >= 0.6 is 0 Å². The van der Waals surface area contributed by atoms with Gasteiger partial charge in [0.05, 0.1) is 6.42 Å². The molecule has 0 aromatic carbocycles. The molecule has 0 saturated heterocycles. The summed E-state index contributed by atoms with van der Waals surface area (Å²) >= 11 is 0. The highest BCUT2D eigenvalue weighted by atomic mass is 16.4. The van der Waals surface area contributed by atoms with Gasteiger partial charge in [0.25, 0.3) is 0 Å². The van der Waals surface area contributed by atoms with E-state index in [1.165, 1.54) is 0 Å². The second-order valence-corrected chi connectivity index (χ2v) is 2.17. The minimum absolute atomic E-state index is 0.0347. The number of hydrogen-bond donors (Lipinski definition) is 3. The zero-order valence-electron chi connectivity index (χ0n) is 6.13.